The van der Waals surface area contributed by atoms with Gasteiger partial charge in [0, 0.05) is 26.1 Å². The van der Waals surface area contributed by atoms with Gasteiger partial charge in [0.2, 0.25) is 15.9 Å². The van der Waals surface area contributed by atoms with E-state index in [1.165, 1.54) is 6.07 Å². The lowest BCUT2D eigenvalue weighted by atomic mass is 10.1. The number of sulfonamides is 1. The number of rotatable bonds is 5. The van der Waals surface area contributed by atoms with Gasteiger partial charge < -0.3 is 10.0 Å². The summed E-state index contributed by atoms with van der Waals surface area (Å²) in [6.45, 7) is 1.17. The highest BCUT2D eigenvalue weighted by Gasteiger charge is 2.21. The molecule has 6 nitrogen and oxygen atoms in total. The van der Waals surface area contributed by atoms with Gasteiger partial charge in [0.25, 0.3) is 0 Å². The standard InChI is InChI=1S/C12H18N2O4S2/c15-10-4-7-14(8-5-10)11(16)3-6-13-20(17,18)12-2-1-9-19-12/h1-2,9-10,13,15H,3-8H2. The number of piperidine rings is 1. The molecule has 1 saturated heterocycles. The van der Waals surface area contributed by atoms with Gasteiger partial charge in [-0.15, -0.1) is 11.3 Å². The van der Waals surface area contributed by atoms with Gasteiger partial charge >= 0.3 is 0 Å². The van der Waals surface area contributed by atoms with Crippen molar-refractivity contribution in [3.8, 4) is 0 Å². The van der Waals surface area contributed by atoms with Gasteiger partial charge in [0.15, 0.2) is 0 Å². The molecule has 0 spiro atoms. The average Bonchev–Trinajstić information content (AvgIpc) is 2.94. The molecule has 1 aliphatic rings. The predicted octanol–water partition coefficient (Wildman–Crippen LogP) is 0.400. The number of hydrogen-bond donors (Lipinski definition) is 2. The molecule has 1 amide bonds. The molecule has 2 N–H and O–H groups in total. The number of aliphatic hydroxyl groups excluding tert-OH is 1. The Morgan fingerprint density at radius 3 is 2.75 bits per heavy atom. The molecule has 0 saturated carbocycles. The first-order valence-electron chi connectivity index (χ1n) is 6.48. The number of thiophene rings is 1. The van der Waals surface area contributed by atoms with E-state index in [9.17, 15) is 18.3 Å². The van der Waals surface area contributed by atoms with Crippen LogP contribution in [0.4, 0.5) is 0 Å². The second kappa shape index (κ2) is 6.66. The third kappa shape index (κ3) is 4.02. The van der Waals surface area contributed by atoms with Gasteiger partial charge in [-0.05, 0) is 24.3 Å². The number of nitrogens with zero attached hydrogens (tertiary/aromatic N) is 1. The number of carbonyl (C=O) groups is 1. The van der Waals surface area contributed by atoms with E-state index in [0.29, 0.717) is 25.9 Å². The van der Waals surface area contributed by atoms with Crippen LogP contribution in [0.25, 0.3) is 0 Å². The molecule has 8 heteroatoms. The summed E-state index contributed by atoms with van der Waals surface area (Å²) in [6, 6.07) is 3.20. The molecule has 2 rings (SSSR count). The van der Waals surface area contributed by atoms with Crippen LogP contribution in [-0.2, 0) is 14.8 Å². The topological polar surface area (TPSA) is 86.7 Å². The molecule has 0 aliphatic carbocycles. The fourth-order valence-corrected chi connectivity index (χ4v) is 4.12. The Morgan fingerprint density at radius 1 is 1.45 bits per heavy atom. The van der Waals surface area contributed by atoms with Gasteiger partial charge in [0.1, 0.15) is 4.21 Å². The lowest BCUT2D eigenvalue weighted by Crippen LogP contribution is -2.41. The van der Waals surface area contributed by atoms with Crippen molar-refractivity contribution in [2.75, 3.05) is 19.6 Å². The van der Waals surface area contributed by atoms with Crippen LogP contribution >= 0.6 is 11.3 Å². The third-order valence-corrected chi connectivity index (χ3v) is 6.07. The third-order valence-electron chi connectivity index (χ3n) is 3.21. The zero-order valence-corrected chi connectivity index (χ0v) is 12.6. The zero-order valence-electron chi connectivity index (χ0n) is 11.0. The van der Waals surface area contributed by atoms with Gasteiger partial charge in [-0.3, -0.25) is 4.79 Å². The first-order valence-corrected chi connectivity index (χ1v) is 8.84. The van der Waals surface area contributed by atoms with Gasteiger partial charge in [0.05, 0.1) is 6.10 Å². The number of amides is 1. The first-order chi connectivity index (χ1) is 9.49. The maximum absolute atomic E-state index is 11.9. The molecular formula is C12H18N2O4S2. The number of nitrogens with one attached hydrogen (secondary N) is 1. The Kier molecular flexibility index (Phi) is 5.14. The SMILES string of the molecule is O=C(CCNS(=O)(=O)c1cccs1)N1CCC(O)CC1. The van der Waals surface area contributed by atoms with Crippen LogP contribution in [0, 0.1) is 0 Å². The molecule has 20 heavy (non-hydrogen) atoms. The van der Waals surface area contributed by atoms with Crippen molar-refractivity contribution in [3.63, 3.8) is 0 Å². The quantitative estimate of drug-likeness (QED) is 0.823. The molecule has 0 unspecified atom stereocenters. The molecule has 112 valence electrons. The summed E-state index contributed by atoms with van der Waals surface area (Å²) in [4.78, 5) is 13.6. The summed E-state index contributed by atoms with van der Waals surface area (Å²) < 4.78 is 26.4. The van der Waals surface area contributed by atoms with Crippen molar-refractivity contribution in [3.05, 3.63) is 17.5 Å². The Hall–Kier alpha value is -0.960. The largest absolute Gasteiger partial charge is 0.393 e. The van der Waals surface area contributed by atoms with Crippen LogP contribution < -0.4 is 4.72 Å². The van der Waals surface area contributed by atoms with Crippen molar-refractivity contribution in [2.45, 2.75) is 29.6 Å². The summed E-state index contributed by atoms with van der Waals surface area (Å²) in [7, 11) is -3.49. The van der Waals surface area contributed by atoms with E-state index >= 15 is 0 Å². The fourth-order valence-electron chi connectivity index (χ4n) is 2.05. The van der Waals surface area contributed by atoms with Crippen LogP contribution in [0.1, 0.15) is 19.3 Å². The van der Waals surface area contributed by atoms with Crippen LogP contribution in [-0.4, -0.2) is 50.1 Å². The molecule has 0 bridgehead atoms. The van der Waals surface area contributed by atoms with Crippen molar-refractivity contribution in [1.29, 1.82) is 0 Å². The van der Waals surface area contributed by atoms with Crippen LogP contribution in [0.3, 0.4) is 0 Å². The minimum absolute atomic E-state index is 0.0780. The fraction of sp³-hybridized carbons (Fsp3) is 0.583. The minimum Gasteiger partial charge on any atom is -0.393 e. The summed E-state index contributed by atoms with van der Waals surface area (Å²) in [5.74, 6) is -0.0780. The van der Waals surface area contributed by atoms with Gasteiger partial charge in [-0.1, -0.05) is 6.07 Å². The van der Waals surface area contributed by atoms with Crippen molar-refractivity contribution >= 4 is 27.3 Å². The highest BCUT2D eigenvalue weighted by molar-refractivity contribution is 7.91. The zero-order chi connectivity index (χ0) is 14.6. The molecular weight excluding hydrogens is 300 g/mol. The van der Waals surface area contributed by atoms with Crippen molar-refractivity contribution < 1.29 is 18.3 Å². The highest BCUT2D eigenvalue weighted by atomic mass is 32.2. The molecule has 2 heterocycles. The summed E-state index contributed by atoms with van der Waals surface area (Å²) in [6.07, 6.45) is 0.997. The van der Waals surface area contributed by atoms with Crippen LogP contribution in [0.5, 0.6) is 0 Å². The number of likely N-dealkylation sites (tertiary alicyclic amines) is 1. The van der Waals surface area contributed by atoms with Crippen LogP contribution in [0.2, 0.25) is 0 Å². The van der Waals surface area contributed by atoms with Crippen molar-refractivity contribution in [1.82, 2.24) is 9.62 Å². The summed E-state index contributed by atoms with van der Waals surface area (Å²) in [5, 5.41) is 11.1. The van der Waals surface area contributed by atoms with Crippen molar-refractivity contribution in [2.24, 2.45) is 0 Å². The van der Waals surface area contributed by atoms with E-state index in [2.05, 4.69) is 4.72 Å². The number of hydrogen-bond acceptors (Lipinski definition) is 5. The maximum Gasteiger partial charge on any atom is 0.250 e. The highest BCUT2D eigenvalue weighted by Crippen LogP contribution is 2.15. The second-order valence-corrected chi connectivity index (χ2v) is 7.63. The predicted molar refractivity (Wildman–Crippen MR) is 75.9 cm³/mol. The van der Waals surface area contributed by atoms with E-state index in [1.807, 2.05) is 0 Å². The number of carbonyl (C=O) groups excluding carboxylic acids is 1. The monoisotopic (exact) mass is 318 g/mol. The molecule has 1 fully saturated rings. The molecule has 0 radical (unpaired) electrons. The average molecular weight is 318 g/mol. The van der Waals surface area contributed by atoms with Gasteiger partial charge in [-0.25, -0.2) is 13.1 Å². The maximum atomic E-state index is 11.9. The first kappa shape index (κ1) is 15.4. The molecule has 1 aromatic heterocycles. The Bertz CT molecular complexity index is 534. The molecule has 0 aromatic carbocycles. The normalized spacial score (nSPS) is 17.4. The lowest BCUT2D eigenvalue weighted by Gasteiger charge is -2.29. The van der Waals surface area contributed by atoms with E-state index in [1.54, 1.807) is 16.3 Å². The molecule has 1 aliphatic heterocycles. The van der Waals surface area contributed by atoms with E-state index < -0.39 is 10.0 Å². The molecule has 0 atom stereocenters. The summed E-state index contributed by atoms with van der Waals surface area (Å²) >= 11 is 1.14. The molecule has 1 aromatic rings. The van der Waals surface area contributed by atoms with Gasteiger partial charge in [-0.2, -0.15) is 0 Å². The Labute approximate surface area is 122 Å². The smallest absolute Gasteiger partial charge is 0.250 e. The Morgan fingerprint density at radius 2 is 2.15 bits per heavy atom. The van der Waals surface area contributed by atoms with E-state index in [4.69, 9.17) is 0 Å². The number of aliphatic hydroxyl groups is 1. The second-order valence-electron chi connectivity index (χ2n) is 4.69. The summed E-state index contributed by atoms with van der Waals surface area (Å²) in [5.41, 5.74) is 0. The Balaban J connectivity index is 1.77. The lowest BCUT2D eigenvalue weighted by molar-refractivity contribution is -0.132. The van der Waals surface area contributed by atoms with E-state index in [-0.39, 0.29) is 29.2 Å². The minimum atomic E-state index is -3.49. The van der Waals surface area contributed by atoms with Crippen LogP contribution in [0.15, 0.2) is 21.7 Å². The van der Waals surface area contributed by atoms with E-state index in [0.717, 1.165) is 11.3 Å².